The van der Waals surface area contributed by atoms with Gasteiger partial charge in [0.25, 0.3) is 0 Å². The molecule has 0 radical (unpaired) electrons. The van der Waals surface area contributed by atoms with Crippen molar-refractivity contribution in [1.82, 2.24) is 0 Å². The second kappa shape index (κ2) is 9.12. The second-order valence-electron chi connectivity index (χ2n) is 7.17. The summed E-state index contributed by atoms with van der Waals surface area (Å²) in [5.74, 6) is 0.689. The van der Waals surface area contributed by atoms with Crippen molar-refractivity contribution in [2.24, 2.45) is 4.99 Å². The van der Waals surface area contributed by atoms with Crippen LogP contribution in [-0.4, -0.2) is 30.8 Å². The summed E-state index contributed by atoms with van der Waals surface area (Å²) in [6.45, 7) is 5.19. The first-order chi connectivity index (χ1) is 13.2. The lowest BCUT2D eigenvalue weighted by Crippen LogP contribution is -2.35. The van der Waals surface area contributed by atoms with E-state index in [4.69, 9.17) is 19.9 Å². The predicted octanol–water partition coefficient (Wildman–Crippen LogP) is 2.68. The number of hydrogen-bond donors (Lipinski definition) is 1. The third-order valence-electron chi connectivity index (χ3n) is 3.60. The molecular weight excluding hydrogens is 360 g/mol. The minimum Gasteiger partial charge on any atom is -0.595 e. The number of hydrogen-bond acceptors (Lipinski definition) is 7. The van der Waals surface area contributed by atoms with Gasteiger partial charge in [0.05, 0.1) is 7.11 Å². The number of carbonyl (C=O) groups is 1. The molecule has 7 nitrogen and oxygen atoms in total. The van der Waals surface area contributed by atoms with Crippen molar-refractivity contribution in [2.45, 2.75) is 38.8 Å². The van der Waals surface area contributed by atoms with Crippen LogP contribution in [0.5, 0.6) is 11.5 Å². The number of anilines is 1. The minimum atomic E-state index is -0.983. The first-order valence-electron chi connectivity index (χ1n) is 8.80. The van der Waals surface area contributed by atoms with E-state index in [1.54, 1.807) is 69.3 Å². The van der Waals surface area contributed by atoms with Gasteiger partial charge in [0, 0.05) is 17.7 Å². The third-order valence-corrected chi connectivity index (χ3v) is 3.60. The van der Waals surface area contributed by atoms with E-state index < -0.39 is 23.7 Å². The van der Waals surface area contributed by atoms with Gasteiger partial charge in [-0.2, -0.15) is 0 Å². The number of methoxy groups -OCH3 is 1. The van der Waals surface area contributed by atoms with Crippen molar-refractivity contribution in [1.29, 1.82) is 0 Å². The van der Waals surface area contributed by atoms with Crippen LogP contribution in [0.25, 0.3) is 0 Å². The van der Waals surface area contributed by atoms with Crippen molar-refractivity contribution in [3.63, 3.8) is 0 Å². The van der Waals surface area contributed by atoms with Gasteiger partial charge in [-0.15, -0.1) is 0 Å². The molecule has 0 heterocycles. The molecule has 1 unspecified atom stereocenters. The Kier molecular flexibility index (Phi) is 6.87. The van der Waals surface area contributed by atoms with Gasteiger partial charge in [-0.25, -0.2) is 4.79 Å². The molecule has 7 heteroatoms. The van der Waals surface area contributed by atoms with Crippen LogP contribution in [0.4, 0.5) is 5.69 Å². The van der Waals surface area contributed by atoms with E-state index in [0.717, 1.165) is 5.56 Å². The Morgan fingerprint density at radius 3 is 2.11 bits per heavy atom. The zero-order valence-electron chi connectivity index (χ0n) is 16.5. The fourth-order valence-electron chi connectivity index (χ4n) is 2.32. The molecule has 0 aliphatic heterocycles. The molecular formula is C21H25N2O5-. The highest BCUT2D eigenvalue weighted by molar-refractivity contribution is 5.79. The molecule has 0 aliphatic rings. The van der Waals surface area contributed by atoms with Gasteiger partial charge < -0.3 is 25.1 Å². The molecule has 0 amide bonds. The van der Waals surface area contributed by atoms with Crippen molar-refractivity contribution in [2.75, 3.05) is 12.8 Å². The van der Waals surface area contributed by atoms with Gasteiger partial charge in [-0.1, -0.05) is 32.9 Å². The summed E-state index contributed by atoms with van der Waals surface area (Å²) in [4.78, 5) is 15.8. The Labute approximate surface area is 164 Å². The zero-order valence-corrected chi connectivity index (χ0v) is 16.5. The lowest BCUT2D eigenvalue weighted by atomic mass is 10.1. The number of nitrogen functional groups attached to an aromatic ring is 1. The Bertz CT molecular complexity index is 808. The SMILES string of the molecule is COC(=O)C(Cc1ccc(Oc2ccc(N)cc2)cc1)N=C([O-])OC(C)(C)C. The van der Waals surface area contributed by atoms with Crippen LogP contribution in [0, 0.1) is 0 Å². The lowest BCUT2D eigenvalue weighted by molar-refractivity contribution is -0.261. The quantitative estimate of drug-likeness (QED) is 0.355. The van der Waals surface area contributed by atoms with Gasteiger partial charge in [0.1, 0.15) is 17.6 Å². The Hall–Kier alpha value is -3.22. The number of nitrogens with zero attached hydrogens (tertiary/aromatic N) is 1. The largest absolute Gasteiger partial charge is 0.595 e. The molecule has 150 valence electrons. The maximum atomic E-state index is 12.0. The summed E-state index contributed by atoms with van der Waals surface area (Å²) in [6.07, 6.45) is -0.597. The predicted molar refractivity (Wildman–Crippen MR) is 105 cm³/mol. The number of ether oxygens (including phenoxy) is 3. The number of carbonyl (C=O) groups excluding carboxylic acids is 1. The van der Waals surface area contributed by atoms with Crippen LogP contribution in [0.15, 0.2) is 53.5 Å². The smallest absolute Gasteiger partial charge is 0.331 e. The fourth-order valence-corrected chi connectivity index (χ4v) is 2.32. The molecule has 2 aromatic carbocycles. The van der Waals surface area contributed by atoms with Gasteiger partial charge in [0.15, 0.2) is 6.04 Å². The highest BCUT2D eigenvalue weighted by Gasteiger charge is 2.19. The molecule has 0 fully saturated rings. The molecule has 1 atom stereocenters. The number of benzene rings is 2. The van der Waals surface area contributed by atoms with Crippen molar-refractivity contribution < 1.29 is 24.1 Å². The molecule has 0 saturated carbocycles. The molecule has 2 rings (SSSR count). The molecule has 2 aromatic rings. The van der Waals surface area contributed by atoms with Crippen LogP contribution < -0.4 is 15.6 Å². The summed E-state index contributed by atoms with van der Waals surface area (Å²) >= 11 is 0. The summed E-state index contributed by atoms with van der Waals surface area (Å²) in [5, 5.41) is 11.9. The maximum absolute atomic E-state index is 12.0. The Morgan fingerprint density at radius 1 is 1.07 bits per heavy atom. The van der Waals surface area contributed by atoms with Gasteiger partial charge in [-0.05, 0) is 42.0 Å². The van der Waals surface area contributed by atoms with Crippen LogP contribution in [0.1, 0.15) is 26.3 Å². The van der Waals surface area contributed by atoms with Crippen LogP contribution >= 0.6 is 0 Å². The molecule has 0 aliphatic carbocycles. The molecule has 0 spiro atoms. The molecule has 28 heavy (non-hydrogen) atoms. The number of aliphatic imine (C=N–C) groups is 1. The van der Waals surface area contributed by atoms with E-state index in [9.17, 15) is 9.90 Å². The van der Waals surface area contributed by atoms with E-state index >= 15 is 0 Å². The minimum absolute atomic E-state index is 0.202. The zero-order chi connectivity index (χ0) is 20.7. The van der Waals surface area contributed by atoms with Gasteiger partial charge in [0.2, 0.25) is 0 Å². The monoisotopic (exact) mass is 385 g/mol. The standard InChI is InChI=1S/C21H26N2O5/c1-21(2,3)28-20(25)23-18(19(24)26-4)13-14-5-9-16(10-6-14)27-17-11-7-15(22)8-12-17/h5-12,18H,13,22H2,1-4H3,(H,23,25)/p-1. The molecule has 0 bridgehead atoms. The normalized spacial score (nSPS) is 12.9. The number of nitrogens with two attached hydrogens (primary N) is 1. The summed E-state index contributed by atoms with van der Waals surface area (Å²) in [7, 11) is 1.25. The van der Waals surface area contributed by atoms with Crippen LogP contribution in [-0.2, 0) is 20.7 Å². The number of rotatable bonds is 6. The first-order valence-corrected chi connectivity index (χ1v) is 8.80. The van der Waals surface area contributed by atoms with E-state index in [0.29, 0.717) is 17.2 Å². The molecule has 0 aromatic heterocycles. The fraction of sp³-hybridized carbons (Fsp3) is 0.333. The number of esters is 1. The van der Waals surface area contributed by atoms with E-state index in [2.05, 4.69) is 4.99 Å². The van der Waals surface area contributed by atoms with E-state index in [1.165, 1.54) is 7.11 Å². The van der Waals surface area contributed by atoms with Gasteiger partial charge >= 0.3 is 5.97 Å². The van der Waals surface area contributed by atoms with Crippen molar-refractivity contribution in [3.8, 4) is 11.5 Å². The Balaban J connectivity index is 2.08. The van der Waals surface area contributed by atoms with Crippen molar-refractivity contribution in [3.05, 3.63) is 54.1 Å². The van der Waals surface area contributed by atoms with Crippen molar-refractivity contribution >= 4 is 17.7 Å². The maximum Gasteiger partial charge on any atom is 0.331 e. The lowest BCUT2D eigenvalue weighted by Gasteiger charge is -2.30. The highest BCUT2D eigenvalue weighted by Crippen LogP contribution is 2.23. The summed E-state index contributed by atoms with van der Waals surface area (Å²) < 4.78 is 15.6. The van der Waals surface area contributed by atoms with Crippen LogP contribution in [0.3, 0.4) is 0 Å². The summed E-state index contributed by atoms with van der Waals surface area (Å²) in [5.41, 5.74) is 6.42. The topological polar surface area (TPSA) is 106 Å². The third kappa shape index (κ3) is 6.83. The second-order valence-corrected chi connectivity index (χ2v) is 7.17. The first kappa shape index (κ1) is 21.1. The molecule has 2 N–H and O–H groups in total. The van der Waals surface area contributed by atoms with E-state index in [-0.39, 0.29) is 6.42 Å². The van der Waals surface area contributed by atoms with E-state index in [1.807, 2.05) is 0 Å². The van der Waals surface area contributed by atoms with Gasteiger partial charge in [-0.3, -0.25) is 4.99 Å². The molecule has 0 saturated heterocycles. The van der Waals surface area contributed by atoms with Crippen LogP contribution in [0.2, 0.25) is 0 Å². The highest BCUT2D eigenvalue weighted by atomic mass is 16.6. The average Bonchev–Trinajstić information content (AvgIpc) is 2.62. The average molecular weight is 385 g/mol. The Morgan fingerprint density at radius 2 is 1.61 bits per heavy atom. The summed E-state index contributed by atoms with van der Waals surface area (Å²) in [6, 6.07) is 13.2.